The molecule has 2 nitrogen and oxygen atoms in total. The van der Waals surface area contributed by atoms with Gasteiger partial charge >= 0.3 is 0 Å². The molecule has 0 saturated heterocycles. The van der Waals surface area contributed by atoms with Crippen molar-refractivity contribution in [3.8, 4) is 0 Å². The largest absolute Gasteiger partial charge is 0.322 e. The van der Waals surface area contributed by atoms with Crippen LogP contribution in [0.1, 0.15) is 11.1 Å². The van der Waals surface area contributed by atoms with Crippen molar-refractivity contribution in [2.75, 3.05) is 5.32 Å². The van der Waals surface area contributed by atoms with E-state index in [-0.39, 0.29) is 11.7 Å². The van der Waals surface area contributed by atoms with Gasteiger partial charge in [0.2, 0.25) is 5.91 Å². The van der Waals surface area contributed by atoms with E-state index >= 15 is 0 Å². The lowest BCUT2D eigenvalue weighted by Crippen LogP contribution is -2.07. The van der Waals surface area contributed by atoms with Gasteiger partial charge < -0.3 is 5.32 Å². The Morgan fingerprint density at radius 3 is 2.55 bits per heavy atom. The molecule has 1 N–H and O–H groups in total. The first-order chi connectivity index (χ1) is 9.54. The Hall–Kier alpha value is -2.13. The van der Waals surface area contributed by atoms with Crippen LogP contribution in [0, 0.1) is 12.7 Å². The number of rotatable bonds is 3. The van der Waals surface area contributed by atoms with Crippen molar-refractivity contribution in [2.24, 2.45) is 0 Å². The van der Waals surface area contributed by atoms with E-state index in [1.165, 1.54) is 18.2 Å². The summed E-state index contributed by atoms with van der Waals surface area (Å²) in [5.41, 5.74) is 2.34. The Morgan fingerprint density at radius 2 is 1.90 bits per heavy atom. The number of halogens is 2. The summed E-state index contributed by atoms with van der Waals surface area (Å²) in [6.07, 6.45) is 3.01. The molecule has 0 radical (unpaired) electrons. The zero-order chi connectivity index (χ0) is 14.5. The van der Waals surface area contributed by atoms with Crippen molar-refractivity contribution in [3.05, 3.63) is 70.5 Å². The van der Waals surface area contributed by atoms with Crippen LogP contribution in [0.3, 0.4) is 0 Å². The summed E-state index contributed by atoms with van der Waals surface area (Å²) >= 11 is 5.98. The molecule has 4 heteroatoms. The van der Waals surface area contributed by atoms with Crippen molar-refractivity contribution in [2.45, 2.75) is 6.92 Å². The van der Waals surface area contributed by atoms with E-state index in [1.807, 2.05) is 13.0 Å². The van der Waals surface area contributed by atoms with E-state index in [0.29, 0.717) is 10.7 Å². The molecule has 0 atom stereocenters. The maximum atomic E-state index is 12.7. The molecular weight excluding hydrogens is 277 g/mol. The quantitative estimate of drug-likeness (QED) is 0.832. The molecule has 0 heterocycles. The predicted octanol–water partition coefficient (Wildman–Crippen LogP) is 4.44. The highest BCUT2D eigenvalue weighted by Crippen LogP contribution is 2.19. The van der Waals surface area contributed by atoms with Gasteiger partial charge in [0, 0.05) is 16.8 Å². The molecule has 0 aliphatic heterocycles. The molecule has 102 valence electrons. The van der Waals surface area contributed by atoms with Gasteiger partial charge in [-0.2, -0.15) is 0 Å². The number of carbonyl (C=O) groups is 1. The van der Waals surface area contributed by atoms with Gasteiger partial charge in [-0.15, -0.1) is 0 Å². The third-order valence-corrected chi connectivity index (χ3v) is 3.14. The number of hydrogen-bond donors (Lipinski definition) is 1. The molecule has 1 amide bonds. The van der Waals surface area contributed by atoms with E-state index < -0.39 is 0 Å². The van der Waals surface area contributed by atoms with E-state index in [0.717, 1.165) is 11.1 Å². The van der Waals surface area contributed by atoms with Crippen molar-refractivity contribution >= 4 is 29.3 Å². The zero-order valence-corrected chi connectivity index (χ0v) is 11.6. The average molecular weight is 290 g/mol. The van der Waals surface area contributed by atoms with Gasteiger partial charge in [-0.05, 0) is 48.4 Å². The molecule has 0 saturated carbocycles. The predicted molar refractivity (Wildman–Crippen MR) is 80.3 cm³/mol. The van der Waals surface area contributed by atoms with Crippen LogP contribution in [0.2, 0.25) is 5.02 Å². The van der Waals surface area contributed by atoms with Crippen LogP contribution < -0.4 is 5.32 Å². The van der Waals surface area contributed by atoms with E-state index in [2.05, 4.69) is 5.32 Å². The van der Waals surface area contributed by atoms with Crippen molar-refractivity contribution in [3.63, 3.8) is 0 Å². The van der Waals surface area contributed by atoms with Crippen LogP contribution in [0.15, 0.2) is 48.5 Å². The number of amides is 1. The molecule has 0 bridgehead atoms. The summed E-state index contributed by atoms with van der Waals surface area (Å²) in [5, 5.41) is 3.31. The molecule has 2 aromatic carbocycles. The molecule has 0 aliphatic carbocycles. The standard InChI is InChI=1S/C16H13ClFNO/c1-11-2-8-14(10-15(11)17)19-16(20)9-5-12-3-6-13(18)7-4-12/h2-10H,1H3,(H,19,20)/b9-5-. The first-order valence-corrected chi connectivity index (χ1v) is 6.43. The fourth-order valence-corrected chi connectivity index (χ4v) is 1.78. The number of carbonyl (C=O) groups excluding carboxylic acids is 1. The second-order valence-corrected chi connectivity index (χ2v) is 4.75. The maximum Gasteiger partial charge on any atom is 0.248 e. The van der Waals surface area contributed by atoms with Crippen molar-refractivity contribution in [1.29, 1.82) is 0 Å². The number of anilines is 1. The summed E-state index contributed by atoms with van der Waals surface area (Å²) in [6, 6.07) is 11.2. The normalized spacial score (nSPS) is 10.8. The summed E-state index contributed by atoms with van der Waals surface area (Å²) in [7, 11) is 0. The SMILES string of the molecule is Cc1ccc(NC(=O)/C=C\c2ccc(F)cc2)cc1Cl. The van der Waals surface area contributed by atoms with Gasteiger partial charge in [0.25, 0.3) is 0 Å². The highest BCUT2D eigenvalue weighted by atomic mass is 35.5. The Bertz CT molecular complexity index is 650. The molecular formula is C16H13ClFNO. The number of benzene rings is 2. The first kappa shape index (κ1) is 14.3. The third-order valence-electron chi connectivity index (χ3n) is 2.74. The van der Waals surface area contributed by atoms with Crippen LogP contribution in [-0.4, -0.2) is 5.91 Å². The Labute approximate surface area is 121 Å². The molecule has 0 aromatic heterocycles. The summed E-state index contributed by atoms with van der Waals surface area (Å²) in [5.74, 6) is -0.574. The molecule has 20 heavy (non-hydrogen) atoms. The fourth-order valence-electron chi connectivity index (χ4n) is 1.60. The number of nitrogens with one attached hydrogen (secondary N) is 1. The number of hydrogen-bond acceptors (Lipinski definition) is 1. The van der Waals surface area contributed by atoms with Crippen LogP contribution in [0.5, 0.6) is 0 Å². The lowest BCUT2D eigenvalue weighted by Gasteiger charge is -2.04. The van der Waals surface area contributed by atoms with E-state index in [4.69, 9.17) is 11.6 Å². The Morgan fingerprint density at radius 1 is 1.20 bits per heavy atom. The Kier molecular flexibility index (Phi) is 4.53. The molecule has 2 rings (SSSR count). The highest BCUT2D eigenvalue weighted by molar-refractivity contribution is 6.31. The zero-order valence-electron chi connectivity index (χ0n) is 10.9. The first-order valence-electron chi connectivity index (χ1n) is 6.05. The van der Waals surface area contributed by atoms with Gasteiger partial charge in [0.05, 0.1) is 0 Å². The van der Waals surface area contributed by atoms with Crippen LogP contribution in [0.25, 0.3) is 6.08 Å². The topological polar surface area (TPSA) is 29.1 Å². The monoisotopic (exact) mass is 289 g/mol. The minimum atomic E-state index is -0.305. The van der Waals surface area contributed by atoms with Crippen LogP contribution >= 0.6 is 11.6 Å². The average Bonchev–Trinajstić information content (AvgIpc) is 2.42. The van der Waals surface area contributed by atoms with Crippen molar-refractivity contribution in [1.82, 2.24) is 0 Å². The molecule has 0 unspecified atom stereocenters. The van der Waals surface area contributed by atoms with Crippen LogP contribution in [0.4, 0.5) is 10.1 Å². The minimum Gasteiger partial charge on any atom is -0.322 e. The lowest BCUT2D eigenvalue weighted by molar-refractivity contribution is -0.111. The molecule has 0 fully saturated rings. The van der Waals surface area contributed by atoms with Gasteiger partial charge in [0.15, 0.2) is 0 Å². The van der Waals surface area contributed by atoms with Crippen LogP contribution in [-0.2, 0) is 4.79 Å². The van der Waals surface area contributed by atoms with E-state index in [9.17, 15) is 9.18 Å². The molecule has 0 spiro atoms. The van der Waals surface area contributed by atoms with Gasteiger partial charge in [0.1, 0.15) is 5.82 Å². The third kappa shape index (κ3) is 3.93. The van der Waals surface area contributed by atoms with E-state index in [1.54, 1.807) is 30.3 Å². The maximum absolute atomic E-state index is 12.7. The molecule has 2 aromatic rings. The second kappa shape index (κ2) is 6.35. The van der Waals surface area contributed by atoms with Gasteiger partial charge in [-0.25, -0.2) is 4.39 Å². The van der Waals surface area contributed by atoms with Gasteiger partial charge in [-0.1, -0.05) is 29.8 Å². The summed E-state index contributed by atoms with van der Waals surface area (Å²) in [4.78, 5) is 11.7. The highest BCUT2D eigenvalue weighted by Gasteiger charge is 2.00. The number of aryl methyl sites for hydroxylation is 1. The smallest absolute Gasteiger partial charge is 0.248 e. The fraction of sp³-hybridized carbons (Fsp3) is 0.0625. The van der Waals surface area contributed by atoms with Gasteiger partial charge in [-0.3, -0.25) is 4.79 Å². The second-order valence-electron chi connectivity index (χ2n) is 4.34. The summed E-state index contributed by atoms with van der Waals surface area (Å²) in [6.45, 7) is 1.89. The lowest BCUT2D eigenvalue weighted by atomic mass is 10.2. The minimum absolute atomic E-state index is 0.269. The van der Waals surface area contributed by atoms with Crippen molar-refractivity contribution < 1.29 is 9.18 Å². The Balaban J connectivity index is 2.01. The molecule has 0 aliphatic rings. The summed E-state index contributed by atoms with van der Waals surface area (Å²) < 4.78 is 12.7.